The molecule has 0 amide bonds. The molecule has 1 heteroatoms. The number of fused-ring (bicyclic) bond motifs is 1. The van der Waals surface area contributed by atoms with E-state index in [0.29, 0.717) is 18.0 Å². The van der Waals surface area contributed by atoms with Gasteiger partial charge < -0.3 is 5.32 Å². The summed E-state index contributed by atoms with van der Waals surface area (Å²) in [7, 11) is 0. The van der Waals surface area contributed by atoms with E-state index in [2.05, 4.69) is 50.4 Å². The van der Waals surface area contributed by atoms with Crippen molar-refractivity contribution in [3.05, 3.63) is 35.4 Å². The van der Waals surface area contributed by atoms with Crippen molar-refractivity contribution in [3.63, 3.8) is 0 Å². The zero-order chi connectivity index (χ0) is 10.8. The molecule has 0 fully saturated rings. The number of hydrogen-bond donors (Lipinski definition) is 1. The lowest BCUT2D eigenvalue weighted by Crippen LogP contribution is -2.39. The van der Waals surface area contributed by atoms with E-state index in [9.17, 15) is 0 Å². The average Bonchev–Trinajstić information content (AvgIpc) is 2.59. The lowest BCUT2D eigenvalue weighted by Gasteiger charge is -2.22. The van der Waals surface area contributed by atoms with Gasteiger partial charge in [-0.15, -0.1) is 0 Å². The number of benzene rings is 1. The van der Waals surface area contributed by atoms with Crippen LogP contribution in [0.15, 0.2) is 24.3 Å². The molecule has 0 saturated carbocycles. The summed E-state index contributed by atoms with van der Waals surface area (Å²) in [6.07, 6.45) is 2.40. The highest BCUT2D eigenvalue weighted by molar-refractivity contribution is 5.33. The molecule has 1 N–H and O–H groups in total. The summed E-state index contributed by atoms with van der Waals surface area (Å²) in [5.41, 5.74) is 3.07. The van der Waals surface area contributed by atoms with Gasteiger partial charge in [0, 0.05) is 12.1 Å². The third-order valence-electron chi connectivity index (χ3n) is 3.55. The molecular formula is C14H21N. The molecule has 15 heavy (non-hydrogen) atoms. The minimum absolute atomic E-state index is 0.615. The molecule has 0 radical (unpaired) electrons. The molecule has 0 saturated heterocycles. The summed E-state index contributed by atoms with van der Waals surface area (Å²) < 4.78 is 0. The first-order valence-corrected chi connectivity index (χ1v) is 5.99. The van der Waals surface area contributed by atoms with Crippen LogP contribution in [0.1, 0.15) is 31.9 Å². The second-order valence-electron chi connectivity index (χ2n) is 5.07. The van der Waals surface area contributed by atoms with E-state index >= 15 is 0 Å². The monoisotopic (exact) mass is 203 g/mol. The first kappa shape index (κ1) is 10.7. The zero-order valence-electron chi connectivity index (χ0n) is 9.96. The zero-order valence-corrected chi connectivity index (χ0v) is 9.96. The van der Waals surface area contributed by atoms with Gasteiger partial charge in [0.05, 0.1) is 0 Å². The molecule has 1 aliphatic carbocycles. The van der Waals surface area contributed by atoms with Crippen LogP contribution in [0.3, 0.4) is 0 Å². The fourth-order valence-electron chi connectivity index (χ4n) is 2.24. The molecule has 1 atom stereocenters. The van der Waals surface area contributed by atoms with Crippen molar-refractivity contribution >= 4 is 0 Å². The van der Waals surface area contributed by atoms with Crippen LogP contribution >= 0.6 is 0 Å². The molecule has 0 aromatic heterocycles. The molecule has 0 unspecified atom stereocenters. The number of rotatable bonds is 3. The van der Waals surface area contributed by atoms with E-state index in [0.717, 1.165) is 0 Å². The van der Waals surface area contributed by atoms with Crippen molar-refractivity contribution < 1.29 is 0 Å². The first-order chi connectivity index (χ1) is 7.16. The lowest BCUT2D eigenvalue weighted by molar-refractivity contribution is 0.377. The third-order valence-corrected chi connectivity index (χ3v) is 3.55. The minimum atomic E-state index is 0.615. The van der Waals surface area contributed by atoms with Gasteiger partial charge in [0.15, 0.2) is 0 Å². The van der Waals surface area contributed by atoms with E-state index in [1.165, 1.54) is 24.0 Å². The Morgan fingerprint density at radius 1 is 1.07 bits per heavy atom. The molecule has 0 aliphatic heterocycles. The van der Waals surface area contributed by atoms with Crippen LogP contribution in [0.2, 0.25) is 0 Å². The second kappa shape index (κ2) is 4.36. The second-order valence-corrected chi connectivity index (χ2v) is 5.07. The van der Waals surface area contributed by atoms with Crippen LogP contribution in [0, 0.1) is 5.92 Å². The van der Waals surface area contributed by atoms with E-state index in [1.54, 1.807) is 0 Å². The molecule has 1 aliphatic rings. The van der Waals surface area contributed by atoms with E-state index < -0.39 is 0 Å². The highest BCUT2D eigenvalue weighted by Gasteiger charge is 2.22. The van der Waals surface area contributed by atoms with Gasteiger partial charge in [-0.25, -0.2) is 0 Å². The predicted molar refractivity (Wildman–Crippen MR) is 65.1 cm³/mol. The van der Waals surface area contributed by atoms with Crippen molar-refractivity contribution in [2.45, 2.75) is 45.7 Å². The normalized spacial score (nSPS) is 18.1. The molecule has 0 spiro atoms. The van der Waals surface area contributed by atoms with E-state index in [4.69, 9.17) is 0 Å². The van der Waals surface area contributed by atoms with Crippen molar-refractivity contribution in [2.75, 3.05) is 0 Å². The molecule has 0 bridgehead atoms. The van der Waals surface area contributed by atoms with Gasteiger partial charge in [0.1, 0.15) is 0 Å². The standard InChI is InChI=1S/C14H21N/c1-10(2)11(3)15-14-8-12-6-4-5-7-13(12)9-14/h4-7,10-11,14-15H,8-9H2,1-3H3/t11-/m0/s1. The Balaban J connectivity index is 1.96. The number of nitrogens with one attached hydrogen (secondary N) is 1. The van der Waals surface area contributed by atoms with Crippen LogP contribution in [0.25, 0.3) is 0 Å². The molecule has 1 nitrogen and oxygen atoms in total. The maximum absolute atomic E-state index is 3.73. The lowest BCUT2D eigenvalue weighted by atomic mass is 10.0. The fraction of sp³-hybridized carbons (Fsp3) is 0.571. The SMILES string of the molecule is CC(C)[C@H](C)NC1Cc2ccccc2C1. The highest BCUT2D eigenvalue weighted by atomic mass is 15.0. The largest absolute Gasteiger partial charge is 0.311 e. The topological polar surface area (TPSA) is 12.0 Å². The van der Waals surface area contributed by atoms with Crippen LogP contribution in [-0.4, -0.2) is 12.1 Å². The van der Waals surface area contributed by atoms with Gasteiger partial charge in [-0.05, 0) is 36.8 Å². The summed E-state index contributed by atoms with van der Waals surface area (Å²) in [5, 5.41) is 3.73. The summed E-state index contributed by atoms with van der Waals surface area (Å²) >= 11 is 0. The quantitative estimate of drug-likeness (QED) is 0.796. The first-order valence-electron chi connectivity index (χ1n) is 5.99. The molecule has 1 aromatic carbocycles. The third kappa shape index (κ3) is 2.40. The van der Waals surface area contributed by atoms with E-state index in [1.807, 2.05) is 0 Å². The molecule has 82 valence electrons. The van der Waals surface area contributed by atoms with Gasteiger partial charge in [-0.1, -0.05) is 38.1 Å². The molecule has 0 heterocycles. The van der Waals surface area contributed by atoms with Gasteiger partial charge >= 0.3 is 0 Å². The average molecular weight is 203 g/mol. The highest BCUT2D eigenvalue weighted by Crippen LogP contribution is 2.22. The summed E-state index contributed by atoms with van der Waals surface area (Å²) in [6.45, 7) is 6.84. The smallest absolute Gasteiger partial charge is 0.0151 e. The predicted octanol–water partition coefficient (Wildman–Crippen LogP) is 2.79. The van der Waals surface area contributed by atoms with E-state index in [-0.39, 0.29) is 0 Å². The van der Waals surface area contributed by atoms with Gasteiger partial charge in [0.25, 0.3) is 0 Å². The Bertz CT molecular complexity index is 305. The molecule has 1 aromatic rings. The summed E-state index contributed by atoms with van der Waals surface area (Å²) in [4.78, 5) is 0. The van der Waals surface area contributed by atoms with Crippen molar-refractivity contribution in [2.24, 2.45) is 5.92 Å². The van der Waals surface area contributed by atoms with Crippen molar-refractivity contribution in [3.8, 4) is 0 Å². The molecule has 2 rings (SSSR count). The van der Waals surface area contributed by atoms with Crippen LogP contribution in [-0.2, 0) is 12.8 Å². The fourth-order valence-corrected chi connectivity index (χ4v) is 2.24. The summed E-state index contributed by atoms with van der Waals surface area (Å²) in [5.74, 6) is 0.716. The number of hydrogen-bond acceptors (Lipinski definition) is 1. The van der Waals surface area contributed by atoms with Crippen LogP contribution in [0.4, 0.5) is 0 Å². The van der Waals surface area contributed by atoms with Crippen molar-refractivity contribution in [1.82, 2.24) is 5.32 Å². The van der Waals surface area contributed by atoms with Crippen molar-refractivity contribution in [1.29, 1.82) is 0 Å². The Kier molecular flexibility index (Phi) is 3.11. The van der Waals surface area contributed by atoms with Gasteiger partial charge in [0.2, 0.25) is 0 Å². The van der Waals surface area contributed by atoms with Crippen LogP contribution < -0.4 is 5.32 Å². The molecular weight excluding hydrogens is 182 g/mol. The van der Waals surface area contributed by atoms with Crippen LogP contribution in [0.5, 0.6) is 0 Å². The summed E-state index contributed by atoms with van der Waals surface area (Å²) in [6, 6.07) is 10.1. The van der Waals surface area contributed by atoms with Gasteiger partial charge in [-0.2, -0.15) is 0 Å². The maximum atomic E-state index is 3.73. The Morgan fingerprint density at radius 3 is 2.07 bits per heavy atom. The maximum Gasteiger partial charge on any atom is 0.0151 e. The van der Waals surface area contributed by atoms with Gasteiger partial charge in [-0.3, -0.25) is 0 Å². The minimum Gasteiger partial charge on any atom is -0.311 e. The Morgan fingerprint density at radius 2 is 1.60 bits per heavy atom. The Hall–Kier alpha value is -0.820. The Labute approximate surface area is 92.9 Å².